The van der Waals surface area contributed by atoms with Crippen LogP contribution in [-0.2, 0) is 0 Å². The van der Waals surface area contributed by atoms with E-state index in [0.29, 0.717) is 0 Å². The lowest BCUT2D eigenvalue weighted by Gasteiger charge is -2.33. The first-order valence-electron chi connectivity index (χ1n) is 3.79. The molecule has 0 aromatic carbocycles. The van der Waals surface area contributed by atoms with Crippen molar-refractivity contribution in [3.8, 4) is 0 Å². The highest BCUT2D eigenvalue weighted by Crippen LogP contribution is 2.00. The lowest BCUT2D eigenvalue weighted by molar-refractivity contribution is -0.923. The van der Waals surface area contributed by atoms with Crippen molar-refractivity contribution >= 4 is 0 Å². The van der Waals surface area contributed by atoms with Gasteiger partial charge in [-0.05, 0) is 20.8 Å². The van der Waals surface area contributed by atoms with E-state index in [9.17, 15) is 0 Å². The summed E-state index contributed by atoms with van der Waals surface area (Å²) in [7, 11) is 0. The highest BCUT2D eigenvalue weighted by atomic mass is 16.0. The average Bonchev–Trinajstić information content (AvgIpc) is 1.95. The molecule has 64 valence electrons. The Kier molecular flexibility index (Phi) is 7.09. The van der Waals surface area contributed by atoms with E-state index in [1.54, 1.807) is 0 Å². The van der Waals surface area contributed by atoms with Gasteiger partial charge < -0.3 is 9.96 Å². The van der Waals surface area contributed by atoms with Gasteiger partial charge in [0.15, 0.2) is 0 Å². The lowest BCUT2D eigenvalue weighted by atomic mass is 10.4. The molecule has 0 heterocycles. The lowest BCUT2D eigenvalue weighted by Crippen LogP contribution is -2.51. The van der Waals surface area contributed by atoms with Gasteiger partial charge in [0.1, 0.15) is 6.67 Å². The van der Waals surface area contributed by atoms with Crippen molar-refractivity contribution in [3.05, 3.63) is 0 Å². The van der Waals surface area contributed by atoms with E-state index in [2.05, 4.69) is 20.8 Å². The molecule has 0 aliphatic heterocycles. The molecule has 3 nitrogen and oxygen atoms in total. The van der Waals surface area contributed by atoms with E-state index in [-0.39, 0.29) is 5.48 Å². The second kappa shape index (κ2) is 5.65. The summed E-state index contributed by atoms with van der Waals surface area (Å²) in [6.45, 7) is 10.8. The minimum absolute atomic E-state index is 0. The highest BCUT2D eigenvalue weighted by molar-refractivity contribution is 4.29. The minimum atomic E-state index is 0. The number of quaternary nitrogens is 1. The second-order valence-corrected chi connectivity index (χ2v) is 2.47. The molecule has 0 saturated carbocycles. The molecule has 10 heavy (non-hydrogen) atoms. The van der Waals surface area contributed by atoms with Gasteiger partial charge >= 0.3 is 0 Å². The van der Waals surface area contributed by atoms with E-state index >= 15 is 0 Å². The summed E-state index contributed by atoms with van der Waals surface area (Å²) in [4.78, 5) is 0. The molecule has 0 radical (unpaired) electrons. The van der Waals surface area contributed by atoms with Gasteiger partial charge in [0.05, 0.1) is 19.6 Å². The van der Waals surface area contributed by atoms with Crippen molar-refractivity contribution in [1.82, 2.24) is 0 Å². The fraction of sp³-hybridized carbons (Fsp3) is 1.00. The van der Waals surface area contributed by atoms with Crippen LogP contribution >= 0.6 is 0 Å². The van der Waals surface area contributed by atoms with Gasteiger partial charge in [-0.25, -0.2) is 0 Å². The SMILES string of the molecule is CC[N+](CC)(CC)CN.[OH-]. The Hall–Kier alpha value is -0.120. The maximum Gasteiger partial charge on any atom is 0.130 e. The fourth-order valence-corrected chi connectivity index (χ4v) is 1.06. The van der Waals surface area contributed by atoms with Crippen LogP contribution in [0.3, 0.4) is 0 Å². The summed E-state index contributed by atoms with van der Waals surface area (Å²) in [5, 5.41) is 0. The Morgan fingerprint density at radius 1 is 1.00 bits per heavy atom. The van der Waals surface area contributed by atoms with Crippen molar-refractivity contribution in [1.29, 1.82) is 0 Å². The molecule has 0 spiro atoms. The number of nitrogens with two attached hydrogens (primary N) is 1. The van der Waals surface area contributed by atoms with Crippen LogP contribution < -0.4 is 5.73 Å². The third-order valence-electron chi connectivity index (χ3n) is 2.40. The maximum atomic E-state index is 5.61. The zero-order chi connectivity index (χ0) is 7.33. The Balaban J connectivity index is 0. The van der Waals surface area contributed by atoms with Gasteiger partial charge in [0, 0.05) is 0 Å². The van der Waals surface area contributed by atoms with E-state index in [4.69, 9.17) is 5.73 Å². The van der Waals surface area contributed by atoms with Crippen LogP contribution in [0.4, 0.5) is 0 Å². The van der Waals surface area contributed by atoms with Crippen LogP contribution in [0.2, 0.25) is 0 Å². The largest absolute Gasteiger partial charge is 0.870 e. The average molecular weight is 148 g/mol. The Labute approximate surface area is 63.7 Å². The zero-order valence-electron chi connectivity index (χ0n) is 7.30. The first kappa shape index (κ1) is 12.5. The molecule has 0 rings (SSSR count). The third kappa shape index (κ3) is 2.64. The van der Waals surface area contributed by atoms with Crippen molar-refractivity contribution in [2.24, 2.45) is 5.73 Å². The van der Waals surface area contributed by atoms with Crippen LogP contribution in [-0.4, -0.2) is 36.3 Å². The summed E-state index contributed by atoms with van der Waals surface area (Å²) in [5.74, 6) is 0. The second-order valence-electron chi connectivity index (χ2n) is 2.47. The number of rotatable bonds is 4. The maximum absolute atomic E-state index is 5.61. The Morgan fingerprint density at radius 3 is 1.30 bits per heavy atom. The fourth-order valence-electron chi connectivity index (χ4n) is 1.06. The summed E-state index contributed by atoms with van der Waals surface area (Å²) >= 11 is 0. The predicted octanol–water partition coefficient (Wildman–Crippen LogP) is 0.602. The van der Waals surface area contributed by atoms with Gasteiger partial charge in [0.2, 0.25) is 0 Å². The monoisotopic (exact) mass is 148 g/mol. The van der Waals surface area contributed by atoms with Crippen LogP contribution in [0.5, 0.6) is 0 Å². The van der Waals surface area contributed by atoms with Crippen LogP contribution in [0, 0.1) is 0 Å². The summed E-state index contributed by atoms with van der Waals surface area (Å²) in [5.41, 5.74) is 5.61. The van der Waals surface area contributed by atoms with Gasteiger partial charge in [-0.15, -0.1) is 0 Å². The summed E-state index contributed by atoms with van der Waals surface area (Å²) < 4.78 is 1.06. The molecule has 0 amide bonds. The topological polar surface area (TPSA) is 56.0 Å². The van der Waals surface area contributed by atoms with Gasteiger partial charge in [-0.2, -0.15) is 0 Å². The van der Waals surface area contributed by atoms with Gasteiger partial charge in [-0.1, -0.05) is 0 Å². The molecular formula is C7H20N2O. The van der Waals surface area contributed by atoms with E-state index in [1.807, 2.05) is 0 Å². The van der Waals surface area contributed by atoms with E-state index < -0.39 is 0 Å². The highest BCUT2D eigenvalue weighted by Gasteiger charge is 2.16. The molecule has 0 bridgehead atoms. The van der Waals surface area contributed by atoms with Crippen LogP contribution in [0.1, 0.15) is 20.8 Å². The van der Waals surface area contributed by atoms with E-state index in [0.717, 1.165) is 30.8 Å². The molecule has 3 N–H and O–H groups in total. The number of hydrogen-bond acceptors (Lipinski definition) is 2. The normalized spacial score (nSPS) is 10.8. The zero-order valence-corrected chi connectivity index (χ0v) is 7.30. The molecule has 0 aliphatic rings. The van der Waals surface area contributed by atoms with Gasteiger partial charge in [-0.3, -0.25) is 5.73 Å². The molecule has 0 saturated heterocycles. The van der Waals surface area contributed by atoms with Crippen molar-refractivity contribution in [3.63, 3.8) is 0 Å². The molecule has 0 aromatic rings. The summed E-state index contributed by atoms with van der Waals surface area (Å²) in [6.07, 6.45) is 0. The van der Waals surface area contributed by atoms with Crippen molar-refractivity contribution < 1.29 is 9.96 Å². The molecule has 0 unspecified atom stereocenters. The van der Waals surface area contributed by atoms with Crippen molar-refractivity contribution in [2.75, 3.05) is 26.3 Å². The van der Waals surface area contributed by atoms with Crippen LogP contribution in [0.15, 0.2) is 0 Å². The molecule has 3 heteroatoms. The number of nitrogens with zero attached hydrogens (tertiary/aromatic N) is 1. The quantitative estimate of drug-likeness (QED) is 0.469. The molecule has 0 fully saturated rings. The Bertz CT molecular complexity index is 54.5. The summed E-state index contributed by atoms with van der Waals surface area (Å²) in [6, 6.07) is 0. The predicted molar refractivity (Wildman–Crippen MR) is 42.9 cm³/mol. The number of hydrogen-bond donors (Lipinski definition) is 1. The van der Waals surface area contributed by atoms with Crippen LogP contribution in [0.25, 0.3) is 0 Å². The van der Waals surface area contributed by atoms with Crippen molar-refractivity contribution in [2.45, 2.75) is 20.8 Å². The first-order valence-corrected chi connectivity index (χ1v) is 3.79. The standard InChI is InChI=1S/C7H19N2.H2O/c1-4-9(5-2,6-3)7-8;/h4-8H2,1-3H3;1H2/q+1;/p-1. The first-order chi connectivity index (χ1) is 4.24. The Morgan fingerprint density at radius 2 is 1.30 bits per heavy atom. The smallest absolute Gasteiger partial charge is 0.130 e. The molecule has 0 atom stereocenters. The third-order valence-corrected chi connectivity index (χ3v) is 2.40. The molecule has 0 aromatic heterocycles. The minimum Gasteiger partial charge on any atom is -0.870 e. The molecular weight excluding hydrogens is 128 g/mol. The van der Waals surface area contributed by atoms with Gasteiger partial charge in [0.25, 0.3) is 0 Å². The molecule has 0 aliphatic carbocycles. The van der Waals surface area contributed by atoms with E-state index in [1.165, 1.54) is 0 Å².